The third-order valence-corrected chi connectivity index (χ3v) is 3.75. The molecule has 2 aromatic carbocycles. The maximum atomic E-state index is 13.7. The second-order valence-electron chi connectivity index (χ2n) is 4.48. The van der Waals surface area contributed by atoms with E-state index in [0.29, 0.717) is 17.0 Å². The fraction of sp³-hybridized carbons (Fsp3) is 0.200. The molecule has 20 heavy (non-hydrogen) atoms. The molecule has 0 fully saturated rings. The van der Waals surface area contributed by atoms with Gasteiger partial charge in [0.05, 0.1) is 0 Å². The lowest BCUT2D eigenvalue weighted by Crippen LogP contribution is -2.19. The van der Waals surface area contributed by atoms with Gasteiger partial charge in [0.1, 0.15) is 11.6 Å². The Kier molecular flexibility index (Phi) is 5.13. The number of rotatable bonds is 4. The molecule has 0 aliphatic heterocycles. The van der Waals surface area contributed by atoms with Crippen LogP contribution in [-0.2, 0) is 6.42 Å². The molecule has 0 radical (unpaired) electrons. The first-order chi connectivity index (χ1) is 9.49. The van der Waals surface area contributed by atoms with Crippen LogP contribution < -0.4 is 5.32 Å². The summed E-state index contributed by atoms with van der Waals surface area (Å²) in [6.45, 7) is 0. The lowest BCUT2D eigenvalue weighted by Gasteiger charge is -2.18. The zero-order chi connectivity index (χ0) is 14.7. The summed E-state index contributed by atoms with van der Waals surface area (Å²) in [6, 6.07) is 9.06. The molecule has 0 spiro atoms. The lowest BCUT2D eigenvalue weighted by molar-refractivity contribution is 0.540. The Balaban J connectivity index is 2.28. The van der Waals surface area contributed by atoms with Crippen molar-refractivity contribution in [3.05, 3.63) is 68.7 Å². The number of hydrogen-bond acceptors (Lipinski definition) is 1. The van der Waals surface area contributed by atoms with Gasteiger partial charge in [0.15, 0.2) is 0 Å². The molecule has 5 heteroatoms. The summed E-state index contributed by atoms with van der Waals surface area (Å²) >= 11 is 9.41. The van der Waals surface area contributed by atoms with E-state index in [1.165, 1.54) is 12.1 Å². The molecule has 0 bridgehead atoms. The van der Waals surface area contributed by atoms with E-state index in [4.69, 9.17) is 11.6 Å². The van der Waals surface area contributed by atoms with Crippen molar-refractivity contribution >= 4 is 27.5 Å². The second-order valence-corrected chi connectivity index (χ2v) is 5.84. The van der Waals surface area contributed by atoms with Crippen molar-refractivity contribution < 1.29 is 8.78 Å². The van der Waals surface area contributed by atoms with Gasteiger partial charge in [-0.15, -0.1) is 0 Å². The first kappa shape index (κ1) is 15.4. The number of benzene rings is 2. The van der Waals surface area contributed by atoms with E-state index >= 15 is 0 Å². The summed E-state index contributed by atoms with van der Waals surface area (Å²) in [4.78, 5) is 0. The highest BCUT2D eigenvalue weighted by Crippen LogP contribution is 2.26. The summed E-state index contributed by atoms with van der Waals surface area (Å²) in [5.74, 6) is -1.11. The Morgan fingerprint density at radius 3 is 2.55 bits per heavy atom. The normalized spacial score (nSPS) is 12.4. The van der Waals surface area contributed by atoms with Gasteiger partial charge in [-0.3, -0.25) is 0 Å². The molecule has 1 unspecified atom stereocenters. The summed E-state index contributed by atoms with van der Waals surface area (Å²) in [7, 11) is 1.79. The van der Waals surface area contributed by atoms with Crippen LogP contribution in [0.15, 0.2) is 40.9 Å². The van der Waals surface area contributed by atoms with Crippen molar-refractivity contribution in [2.75, 3.05) is 7.05 Å². The van der Waals surface area contributed by atoms with Crippen molar-refractivity contribution in [2.24, 2.45) is 0 Å². The van der Waals surface area contributed by atoms with Crippen molar-refractivity contribution in [1.29, 1.82) is 0 Å². The van der Waals surface area contributed by atoms with Crippen LogP contribution in [0.2, 0.25) is 5.02 Å². The molecule has 0 saturated carbocycles. The number of hydrogen-bond donors (Lipinski definition) is 1. The van der Waals surface area contributed by atoms with Crippen LogP contribution in [0.5, 0.6) is 0 Å². The van der Waals surface area contributed by atoms with Gasteiger partial charge in [-0.05, 0) is 48.9 Å². The van der Waals surface area contributed by atoms with Crippen molar-refractivity contribution in [2.45, 2.75) is 12.5 Å². The summed E-state index contributed by atoms with van der Waals surface area (Å²) in [5.41, 5.74) is 1.40. The van der Waals surface area contributed by atoms with Gasteiger partial charge in [0.2, 0.25) is 0 Å². The predicted molar refractivity (Wildman–Crippen MR) is 81.0 cm³/mol. The van der Waals surface area contributed by atoms with E-state index < -0.39 is 11.6 Å². The molecular weight excluding hydrogens is 348 g/mol. The van der Waals surface area contributed by atoms with Gasteiger partial charge in [-0.25, -0.2) is 8.78 Å². The molecule has 1 N–H and O–H groups in total. The zero-order valence-corrected chi connectivity index (χ0v) is 13.1. The number of nitrogens with one attached hydrogen (secondary N) is 1. The van der Waals surface area contributed by atoms with Gasteiger partial charge < -0.3 is 5.32 Å². The van der Waals surface area contributed by atoms with Crippen LogP contribution in [0.3, 0.4) is 0 Å². The molecule has 1 nitrogen and oxygen atoms in total. The Hall–Kier alpha value is -0.970. The summed E-state index contributed by atoms with van der Waals surface area (Å²) in [6.07, 6.45) is 0.412. The molecule has 0 amide bonds. The minimum Gasteiger partial charge on any atom is -0.313 e. The SMILES string of the molecule is CNC(Cc1ccc(F)cc1F)c1cc(Cl)cc(Br)c1. The molecule has 1 atom stereocenters. The van der Waals surface area contributed by atoms with Crippen LogP contribution in [0.1, 0.15) is 17.2 Å². The highest BCUT2D eigenvalue weighted by molar-refractivity contribution is 9.10. The maximum absolute atomic E-state index is 13.7. The van der Waals surface area contributed by atoms with E-state index in [2.05, 4.69) is 21.2 Å². The topological polar surface area (TPSA) is 12.0 Å². The Morgan fingerprint density at radius 2 is 1.95 bits per heavy atom. The lowest BCUT2D eigenvalue weighted by atomic mass is 9.98. The first-order valence-electron chi connectivity index (χ1n) is 6.07. The van der Waals surface area contributed by atoms with E-state index in [9.17, 15) is 8.78 Å². The molecule has 0 saturated heterocycles. The zero-order valence-electron chi connectivity index (χ0n) is 10.8. The molecular formula is C15H13BrClF2N. The molecule has 0 aliphatic carbocycles. The fourth-order valence-corrected chi connectivity index (χ4v) is 2.96. The van der Waals surface area contributed by atoms with E-state index in [1.807, 2.05) is 12.1 Å². The Morgan fingerprint density at radius 1 is 1.20 bits per heavy atom. The van der Waals surface area contributed by atoms with Gasteiger partial charge in [0.25, 0.3) is 0 Å². The van der Waals surface area contributed by atoms with E-state index in [-0.39, 0.29) is 6.04 Å². The van der Waals surface area contributed by atoms with Crippen molar-refractivity contribution in [1.82, 2.24) is 5.32 Å². The quantitative estimate of drug-likeness (QED) is 0.819. The third-order valence-electron chi connectivity index (χ3n) is 3.07. The van der Waals surface area contributed by atoms with Crippen molar-refractivity contribution in [3.63, 3.8) is 0 Å². The monoisotopic (exact) mass is 359 g/mol. The second kappa shape index (κ2) is 6.66. The molecule has 2 rings (SSSR count). The largest absolute Gasteiger partial charge is 0.313 e. The maximum Gasteiger partial charge on any atom is 0.129 e. The van der Waals surface area contributed by atoms with Crippen LogP contribution in [-0.4, -0.2) is 7.05 Å². The highest BCUT2D eigenvalue weighted by atomic mass is 79.9. The van der Waals surface area contributed by atoms with Crippen LogP contribution >= 0.6 is 27.5 Å². The average molecular weight is 361 g/mol. The number of likely N-dealkylation sites (N-methyl/N-ethyl adjacent to an activating group) is 1. The average Bonchev–Trinajstić information content (AvgIpc) is 2.36. The molecule has 106 valence electrons. The van der Waals surface area contributed by atoms with E-state index in [1.54, 1.807) is 13.1 Å². The highest BCUT2D eigenvalue weighted by Gasteiger charge is 2.14. The summed E-state index contributed by atoms with van der Waals surface area (Å²) in [5, 5.41) is 3.73. The molecule has 0 heterocycles. The number of halogens is 4. The first-order valence-corrected chi connectivity index (χ1v) is 7.24. The van der Waals surface area contributed by atoms with Gasteiger partial charge in [0, 0.05) is 21.6 Å². The smallest absolute Gasteiger partial charge is 0.129 e. The molecule has 0 aromatic heterocycles. The van der Waals surface area contributed by atoms with Crippen molar-refractivity contribution in [3.8, 4) is 0 Å². The standard InChI is InChI=1S/C15H13BrClF2N/c1-20-15(10-4-11(16)7-12(17)5-10)6-9-2-3-13(18)8-14(9)19/h2-5,7-8,15,20H,6H2,1H3. The van der Waals surface area contributed by atoms with Crippen LogP contribution in [0.4, 0.5) is 8.78 Å². The predicted octanol–water partition coefficient (Wildman–Crippen LogP) is 4.88. The van der Waals surface area contributed by atoms with Crippen LogP contribution in [0.25, 0.3) is 0 Å². The fourth-order valence-electron chi connectivity index (χ4n) is 2.07. The minimum absolute atomic E-state index is 0.107. The van der Waals surface area contributed by atoms with E-state index in [0.717, 1.165) is 16.1 Å². The Labute approximate surface area is 130 Å². The molecule has 2 aromatic rings. The Bertz CT molecular complexity index is 599. The minimum atomic E-state index is -0.572. The van der Waals surface area contributed by atoms with Gasteiger partial charge >= 0.3 is 0 Å². The molecule has 0 aliphatic rings. The van der Waals surface area contributed by atoms with Crippen LogP contribution in [0, 0.1) is 11.6 Å². The third kappa shape index (κ3) is 3.78. The van der Waals surface area contributed by atoms with Gasteiger partial charge in [-0.2, -0.15) is 0 Å². The summed E-state index contributed by atoms with van der Waals surface area (Å²) < 4.78 is 27.5. The van der Waals surface area contributed by atoms with Gasteiger partial charge in [-0.1, -0.05) is 33.6 Å².